The molecule has 0 unspecified atom stereocenters. The third-order valence-corrected chi connectivity index (χ3v) is 2.54. The average Bonchev–Trinajstić information content (AvgIpc) is 2.17. The molecule has 0 aliphatic carbocycles. The Kier molecular flexibility index (Phi) is 6.09. The number of nitrogens with zero attached hydrogens (tertiary/aromatic N) is 1. The topological polar surface area (TPSA) is 15.9 Å². The molecule has 0 radical (unpaired) electrons. The summed E-state index contributed by atoms with van der Waals surface area (Å²) in [4.78, 5) is 2.77. The summed E-state index contributed by atoms with van der Waals surface area (Å²) >= 11 is 5.60. The van der Waals surface area contributed by atoms with Crippen LogP contribution in [0.1, 0.15) is 20.3 Å². The van der Waals surface area contributed by atoms with Crippen LogP contribution in [0.4, 0.5) is 0 Å². The van der Waals surface area contributed by atoms with E-state index < -0.39 is 0 Å². The first kappa shape index (κ1) is 13.7. The quantitative estimate of drug-likeness (QED) is 0.517. The number of hydrogen-bond acceptors (Lipinski definition) is 1. The van der Waals surface area contributed by atoms with Crippen LogP contribution in [0.15, 0.2) is 30.6 Å². The van der Waals surface area contributed by atoms with Gasteiger partial charge in [-0.05, 0) is 25.6 Å². The van der Waals surface area contributed by atoms with Crippen molar-refractivity contribution in [3.8, 4) is 0 Å². The van der Waals surface area contributed by atoms with Crippen LogP contribution in [-0.4, -0.2) is 5.54 Å². The third kappa shape index (κ3) is 4.80. The predicted octanol–water partition coefficient (Wildman–Crippen LogP) is -1.11. The van der Waals surface area contributed by atoms with Crippen molar-refractivity contribution in [2.45, 2.75) is 32.4 Å². The Labute approximate surface area is 96.8 Å². The lowest BCUT2D eigenvalue weighted by molar-refractivity contribution is -0.698. The summed E-state index contributed by atoms with van der Waals surface area (Å²) in [6.45, 7) is 5.15. The van der Waals surface area contributed by atoms with Gasteiger partial charge in [-0.1, -0.05) is 6.07 Å². The van der Waals surface area contributed by atoms with Crippen molar-refractivity contribution in [3.05, 3.63) is 30.6 Å². The van der Waals surface area contributed by atoms with Gasteiger partial charge in [0.25, 0.3) is 0 Å². The molecule has 0 amide bonds. The molecule has 14 heavy (non-hydrogen) atoms. The Morgan fingerprint density at radius 3 is 2.29 bits per heavy atom. The van der Waals surface area contributed by atoms with Gasteiger partial charge in [0.1, 0.15) is 6.54 Å². The minimum absolute atomic E-state index is 0. The maximum Gasteiger partial charge on any atom is 0.168 e. The molecule has 0 fully saturated rings. The van der Waals surface area contributed by atoms with Crippen molar-refractivity contribution in [1.29, 1.82) is 0 Å². The SMILES string of the molecule is CC(C)(CC[n+]1ccccc1)NCl.[Cl-]. The number of aromatic nitrogens is 1. The van der Waals surface area contributed by atoms with E-state index in [1.54, 1.807) is 0 Å². The van der Waals surface area contributed by atoms with E-state index in [1.165, 1.54) is 0 Å². The van der Waals surface area contributed by atoms with Crippen LogP contribution < -0.4 is 21.8 Å². The van der Waals surface area contributed by atoms with Crippen LogP contribution in [0, 0.1) is 0 Å². The summed E-state index contributed by atoms with van der Waals surface area (Å²) in [5.41, 5.74) is -0.00953. The Balaban J connectivity index is 0.00000169. The normalized spacial score (nSPS) is 10.8. The fourth-order valence-corrected chi connectivity index (χ4v) is 1.13. The number of nitrogens with one attached hydrogen (secondary N) is 1. The molecule has 0 spiro atoms. The Morgan fingerprint density at radius 2 is 1.79 bits per heavy atom. The van der Waals surface area contributed by atoms with Crippen LogP contribution in [-0.2, 0) is 6.54 Å². The minimum Gasteiger partial charge on any atom is -1.00 e. The smallest absolute Gasteiger partial charge is 0.168 e. The van der Waals surface area contributed by atoms with Crippen LogP contribution in [0.3, 0.4) is 0 Å². The summed E-state index contributed by atoms with van der Waals surface area (Å²) in [6, 6.07) is 6.07. The molecule has 2 nitrogen and oxygen atoms in total. The van der Waals surface area contributed by atoms with E-state index in [9.17, 15) is 0 Å². The van der Waals surface area contributed by atoms with Crippen molar-refractivity contribution < 1.29 is 17.0 Å². The molecule has 0 saturated heterocycles. The van der Waals surface area contributed by atoms with Gasteiger partial charge in [-0.2, -0.15) is 0 Å². The van der Waals surface area contributed by atoms with Gasteiger partial charge in [0.15, 0.2) is 12.4 Å². The maximum absolute atomic E-state index is 5.60. The lowest BCUT2D eigenvalue weighted by atomic mass is 10.0. The van der Waals surface area contributed by atoms with E-state index in [0.29, 0.717) is 0 Å². The second kappa shape index (κ2) is 6.23. The van der Waals surface area contributed by atoms with Gasteiger partial charge in [0.05, 0.1) is 0 Å². The maximum atomic E-state index is 5.60. The zero-order valence-electron chi connectivity index (χ0n) is 8.50. The molecule has 1 rings (SSSR count). The number of halogens is 2. The molecule has 1 aromatic heterocycles. The lowest BCUT2D eigenvalue weighted by Crippen LogP contribution is -3.00. The van der Waals surface area contributed by atoms with E-state index >= 15 is 0 Å². The summed E-state index contributed by atoms with van der Waals surface area (Å²) < 4.78 is 2.15. The molecule has 0 aliphatic heterocycles. The molecular weight excluding hydrogens is 219 g/mol. The molecule has 1 heterocycles. The first-order chi connectivity index (χ1) is 6.14. The molecule has 1 aromatic rings. The highest BCUT2D eigenvalue weighted by Crippen LogP contribution is 2.08. The third-order valence-electron chi connectivity index (χ3n) is 2.03. The van der Waals surface area contributed by atoms with E-state index in [4.69, 9.17) is 11.8 Å². The summed E-state index contributed by atoms with van der Waals surface area (Å²) in [7, 11) is 0. The average molecular weight is 235 g/mol. The second-order valence-electron chi connectivity index (χ2n) is 3.84. The molecule has 1 N–H and O–H groups in total. The van der Waals surface area contributed by atoms with Crippen molar-refractivity contribution in [2.24, 2.45) is 0 Å². The van der Waals surface area contributed by atoms with Gasteiger partial charge in [0.2, 0.25) is 0 Å². The second-order valence-corrected chi connectivity index (χ2v) is 4.03. The van der Waals surface area contributed by atoms with Gasteiger partial charge in [-0.25, -0.2) is 9.40 Å². The first-order valence-electron chi connectivity index (χ1n) is 4.46. The molecule has 0 atom stereocenters. The molecule has 0 saturated carbocycles. The van der Waals surface area contributed by atoms with E-state index in [-0.39, 0.29) is 17.9 Å². The highest BCUT2D eigenvalue weighted by atomic mass is 35.5. The summed E-state index contributed by atoms with van der Waals surface area (Å²) in [5, 5.41) is 0. The lowest BCUT2D eigenvalue weighted by Gasteiger charge is -2.19. The molecule has 0 aromatic carbocycles. The minimum atomic E-state index is -0.00953. The fraction of sp³-hybridized carbons (Fsp3) is 0.500. The van der Waals surface area contributed by atoms with Crippen LogP contribution in [0.2, 0.25) is 0 Å². The fourth-order valence-electron chi connectivity index (χ4n) is 1.04. The zero-order valence-corrected chi connectivity index (χ0v) is 10.0. The molecule has 0 aliphatic rings. The van der Waals surface area contributed by atoms with E-state index in [1.807, 2.05) is 18.2 Å². The summed E-state index contributed by atoms with van der Waals surface area (Å²) in [5.74, 6) is 0. The Morgan fingerprint density at radius 1 is 1.21 bits per heavy atom. The molecule has 80 valence electrons. The highest BCUT2D eigenvalue weighted by Gasteiger charge is 2.17. The Bertz CT molecular complexity index is 250. The van der Waals surface area contributed by atoms with Gasteiger partial charge >= 0.3 is 0 Å². The van der Waals surface area contributed by atoms with Crippen molar-refractivity contribution >= 4 is 11.8 Å². The highest BCUT2D eigenvalue weighted by molar-refractivity contribution is 6.13. The predicted molar refractivity (Wildman–Crippen MR) is 54.3 cm³/mol. The largest absolute Gasteiger partial charge is 1.00 e. The van der Waals surface area contributed by atoms with Gasteiger partial charge in [-0.15, -0.1) is 0 Å². The monoisotopic (exact) mass is 234 g/mol. The van der Waals surface area contributed by atoms with Gasteiger partial charge < -0.3 is 12.4 Å². The van der Waals surface area contributed by atoms with E-state index in [0.717, 1.165) is 13.0 Å². The number of hydrogen-bond donors (Lipinski definition) is 1. The van der Waals surface area contributed by atoms with Crippen LogP contribution in [0.25, 0.3) is 0 Å². The standard InChI is InChI=1S/C10H16ClN2.ClH/c1-10(2,12-11)6-9-13-7-4-3-5-8-13;/h3-5,7-8,12H,6,9H2,1-2H3;1H/q+1;/p-1. The Hall–Kier alpha value is -0.310. The van der Waals surface area contributed by atoms with Crippen molar-refractivity contribution in [3.63, 3.8) is 0 Å². The molecule has 4 heteroatoms. The van der Waals surface area contributed by atoms with Crippen LogP contribution >= 0.6 is 11.8 Å². The molecule has 0 bridgehead atoms. The number of pyridine rings is 1. The van der Waals surface area contributed by atoms with Gasteiger partial charge in [-0.3, -0.25) is 0 Å². The van der Waals surface area contributed by atoms with E-state index in [2.05, 4.69) is 35.6 Å². The van der Waals surface area contributed by atoms with Gasteiger partial charge in [0, 0.05) is 24.1 Å². The van der Waals surface area contributed by atoms with Crippen molar-refractivity contribution in [1.82, 2.24) is 4.84 Å². The first-order valence-corrected chi connectivity index (χ1v) is 4.84. The zero-order chi connectivity index (χ0) is 9.73. The van der Waals surface area contributed by atoms with Crippen LogP contribution in [0.5, 0.6) is 0 Å². The summed E-state index contributed by atoms with van der Waals surface area (Å²) in [6.07, 6.45) is 5.12. The van der Waals surface area contributed by atoms with Crippen molar-refractivity contribution in [2.75, 3.05) is 0 Å². The number of rotatable bonds is 4. The molecular formula is C10H16Cl2N2. The number of aryl methyl sites for hydroxylation is 1.